The van der Waals surface area contributed by atoms with Crippen molar-refractivity contribution in [2.75, 3.05) is 16.6 Å². The first kappa shape index (κ1) is 14.2. The Morgan fingerprint density at radius 1 is 1.19 bits per heavy atom. The Hall–Kier alpha value is -1.72. The summed E-state index contributed by atoms with van der Waals surface area (Å²) in [6.07, 6.45) is 0.904. The smallest absolute Gasteiger partial charge is 0.262 e. The quantitative estimate of drug-likeness (QED) is 0.910. The van der Waals surface area contributed by atoms with Crippen molar-refractivity contribution >= 4 is 33.0 Å². The van der Waals surface area contributed by atoms with Crippen LogP contribution < -0.4 is 10.0 Å². The van der Waals surface area contributed by atoms with Gasteiger partial charge in [0, 0.05) is 22.9 Å². The van der Waals surface area contributed by atoms with E-state index in [1.165, 1.54) is 6.07 Å². The molecule has 4 nitrogen and oxygen atoms in total. The van der Waals surface area contributed by atoms with Crippen LogP contribution >= 0.6 is 11.6 Å². The molecule has 0 bridgehead atoms. The van der Waals surface area contributed by atoms with Gasteiger partial charge >= 0.3 is 0 Å². The van der Waals surface area contributed by atoms with Gasteiger partial charge in [0.15, 0.2) is 0 Å². The Bertz CT molecular complexity index is 803. The predicted molar refractivity (Wildman–Crippen MR) is 85.6 cm³/mol. The lowest BCUT2D eigenvalue weighted by Crippen LogP contribution is -2.14. The monoisotopic (exact) mass is 322 g/mol. The van der Waals surface area contributed by atoms with Crippen LogP contribution in [0, 0.1) is 6.92 Å². The average molecular weight is 323 g/mol. The SMILES string of the molecule is Cc1ccc(Cl)cc1S(=O)(=O)Nc1ccc2c(c1)CCN2. The second kappa shape index (κ2) is 5.24. The molecule has 0 fully saturated rings. The fourth-order valence-corrected chi connectivity index (χ4v) is 4.00. The van der Waals surface area contributed by atoms with E-state index in [1.54, 1.807) is 25.1 Å². The molecule has 21 heavy (non-hydrogen) atoms. The molecule has 2 N–H and O–H groups in total. The number of halogens is 1. The lowest BCUT2D eigenvalue weighted by Gasteiger charge is -2.11. The molecule has 2 aromatic rings. The minimum absolute atomic E-state index is 0.202. The third kappa shape index (κ3) is 2.84. The van der Waals surface area contributed by atoms with E-state index < -0.39 is 10.0 Å². The topological polar surface area (TPSA) is 58.2 Å². The average Bonchev–Trinajstić information content (AvgIpc) is 2.88. The highest BCUT2D eigenvalue weighted by Gasteiger charge is 2.18. The number of rotatable bonds is 3. The van der Waals surface area contributed by atoms with Crippen LogP contribution in [0.4, 0.5) is 11.4 Å². The standard InChI is InChI=1S/C15H15ClN2O2S/c1-10-2-3-12(16)9-15(10)21(19,20)18-13-4-5-14-11(8-13)6-7-17-14/h2-5,8-9,17-18H,6-7H2,1H3. The molecule has 0 aromatic heterocycles. The van der Waals surface area contributed by atoms with Gasteiger partial charge in [-0.1, -0.05) is 17.7 Å². The summed E-state index contributed by atoms with van der Waals surface area (Å²) in [6.45, 7) is 2.64. The van der Waals surface area contributed by atoms with Crippen molar-refractivity contribution in [1.82, 2.24) is 0 Å². The first-order valence-electron chi connectivity index (χ1n) is 6.61. The molecule has 0 unspecified atom stereocenters. The molecule has 110 valence electrons. The molecule has 0 saturated carbocycles. The molecule has 0 amide bonds. The van der Waals surface area contributed by atoms with Gasteiger partial charge in [-0.15, -0.1) is 0 Å². The van der Waals surface area contributed by atoms with Crippen LogP contribution in [-0.2, 0) is 16.4 Å². The highest BCUT2D eigenvalue weighted by molar-refractivity contribution is 7.92. The maximum atomic E-state index is 12.5. The number of fused-ring (bicyclic) bond motifs is 1. The summed E-state index contributed by atoms with van der Waals surface area (Å²) in [6, 6.07) is 10.4. The van der Waals surface area contributed by atoms with Gasteiger partial charge in [0.05, 0.1) is 4.90 Å². The van der Waals surface area contributed by atoms with Crippen molar-refractivity contribution in [3.05, 3.63) is 52.5 Å². The summed E-state index contributed by atoms with van der Waals surface area (Å²) >= 11 is 5.90. The largest absolute Gasteiger partial charge is 0.384 e. The van der Waals surface area contributed by atoms with Crippen molar-refractivity contribution < 1.29 is 8.42 Å². The molecule has 0 spiro atoms. The molecule has 1 aliphatic rings. The summed E-state index contributed by atoms with van der Waals surface area (Å²) in [5.74, 6) is 0. The third-order valence-corrected chi connectivity index (χ3v) is 5.27. The summed E-state index contributed by atoms with van der Waals surface area (Å²) in [5, 5.41) is 3.65. The van der Waals surface area contributed by atoms with Crippen molar-refractivity contribution in [1.29, 1.82) is 0 Å². The second-order valence-corrected chi connectivity index (χ2v) is 7.15. The molecule has 0 radical (unpaired) electrons. The molecule has 0 saturated heterocycles. The lowest BCUT2D eigenvalue weighted by atomic mass is 10.1. The van der Waals surface area contributed by atoms with Gasteiger partial charge in [0.2, 0.25) is 0 Å². The zero-order chi connectivity index (χ0) is 15.0. The zero-order valence-corrected chi connectivity index (χ0v) is 13.1. The van der Waals surface area contributed by atoms with E-state index >= 15 is 0 Å². The van der Waals surface area contributed by atoms with Gasteiger partial charge in [0.25, 0.3) is 10.0 Å². The molecule has 1 heterocycles. The van der Waals surface area contributed by atoms with Crippen LogP contribution in [-0.4, -0.2) is 15.0 Å². The molecule has 0 atom stereocenters. The van der Waals surface area contributed by atoms with Gasteiger partial charge in [-0.2, -0.15) is 0 Å². The van der Waals surface area contributed by atoms with E-state index in [1.807, 2.05) is 12.1 Å². The second-order valence-electron chi connectivity index (χ2n) is 5.06. The number of nitrogens with one attached hydrogen (secondary N) is 2. The number of hydrogen-bond acceptors (Lipinski definition) is 3. The van der Waals surface area contributed by atoms with Crippen LogP contribution in [0.3, 0.4) is 0 Å². The Morgan fingerprint density at radius 3 is 2.81 bits per heavy atom. The fourth-order valence-electron chi connectivity index (χ4n) is 2.44. The van der Waals surface area contributed by atoms with Crippen molar-refractivity contribution in [3.63, 3.8) is 0 Å². The van der Waals surface area contributed by atoms with Crippen LogP contribution in [0.5, 0.6) is 0 Å². The summed E-state index contributed by atoms with van der Waals surface area (Å²) in [7, 11) is -3.64. The van der Waals surface area contributed by atoms with Crippen LogP contribution in [0.15, 0.2) is 41.3 Å². The Balaban J connectivity index is 1.94. The van der Waals surface area contributed by atoms with E-state index in [9.17, 15) is 8.42 Å². The van der Waals surface area contributed by atoms with Gasteiger partial charge < -0.3 is 5.32 Å². The summed E-state index contributed by atoms with van der Waals surface area (Å²) in [5.41, 5.74) is 3.42. The van der Waals surface area contributed by atoms with E-state index in [4.69, 9.17) is 11.6 Å². The molecule has 6 heteroatoms. The first-order valence-corrected chi connectivity index (χ1v) is 8.47. The zero-order valence-electron chi connectivity index (χ0n) is 11.5. The first-order chi connectivity index (χ1) is 9.95. The molecular weight excluding hydrogens is 308 g/mol. The molecular formula is C15H15ClN2O2S. The van der Waals surface area contributed by atoms with Crippen molar-refractivity contribution in [3.8, 4) is 0 Å². The highest BCUT2D eigenvalue weighted by atomic mass is 35.5. The van der Waals surface area contributed by atoms with Gasteiger partial charge in [-0.05, 0) is 54.8 Å². The molecule has 0 aliphatic carbocycles. The Kier molecular flexibility index (Phi) is 3.55. The van der Waals surface area contributed by atoms with E-state index in [2.05, 4.69) is 10.0 Å². The normalized spacial score (nSPS) is 13.6. The fraction of sp³-hybridized carbons (Fsp3) is 0.200. The minimum atomic E-state index is -3.64. The Labute approximate surface area is 129 Å². The molecule has 3 rings (SSSR count). The third-order valence-electron chi connectivity index (χ3n) is 3.51. The highest BCUT2D eigenvalue weighted by Crippen LogP contribution is 2.28. The minimum Gasteiger partial charge on any atom is -0.384 e. The maximum Gasteiger partial charge on any atom is 0.262 e. The van der Waals surface area contributed by atoms with E-state index in [0.717, 1.165) is 24.2 Å². The van der Waals surface area contributed by atoms with Gasteiger partial charge in [0.1, 0.15) is 0 Å². The predicted octanol–water partition coefficient (Wildman–Crippen LogP) is 3.42. The van der Waals surface area contributed by atoms with Crippen molar-refractivity contribution in [2.24, 2.45) is 0 Å². The summed E-state index contributed by atoms with van der Waals surface area (Å²) < 4.78 is 27.6. The van der Waals surface area contributed by atoms with Crippen molar-refractivity contribution in [2.45, 2.75) is 18.2 Å². The molecule has 2 aromatic carbocycles. The van der Waals surface area contributed by atoms with Crippen LogP contribution in [0.25, 0.3) is 0 Å². The number of anilines is 2. The number of benzene rings is 2. The van der Waals surface area contributed by atoms with Crippen LogP contribution in [0.1, 0.15) is 11.1 Å². The van der Waals surface area contributed by atoms with Crippen LogP contribution in [0.2, 0.25) is 5.02 Å². The summed E-state index contributed by atoms with van der Waals surface area (Å²) in [4.78, 5) is 0.202. The van der Waals surface area contributed by atoms with Gasteiger partial charge in [-0.3, -0.25) is 4.72 Å². The number of aryl methyl sites for hydroxylation is 1. The molecule has 1 aliphatic heterocycles. The van der Waals surface area contributed by atoms with Gasteiger partial charge in [-0.25, -0.2) is 8.42 Å². The lowest BCUT2D eigenvalue weighted by molar-refractivity contribution is 0.600. The Morgan fingerprint density at radius 2 is 2.00 bits per heavy atom. The number of hydrogen-bond donors (Lipinski definition) is 2. The van der Waals surface area contributed by atoms with E-state index in [-0.39, 0.29) is 4.90 Å². The van der Waals surface area contributed by atoms with E-state index in [0.29, 0.717) is 16.3 Å². The maximum absolute atomic E-state index is 12.5. The number of sulfonamides is 1.